The van der Waals surface area contributed by atoms with Gasteiger partial charge in [-0.05, 0) is 26.2 Å². The van der Waals surface area contributed by atoms with Crippen molar-refractivity contribution in [2.75, 3.05) is 24.6 Å². The number of aromatic nitrogens is 3. The molecule has 2 aromatic heterocycles. The number of aliphatic hydroxyl groups is 1. The van der Waals surface area contributed by atoms with Gasteiger partial charge in [0.15, 0.2) is 5.13 Å². The summed E-state index contributed by atoms with van der Waals surface area (Å²) in [4.78, 5) is 23.3. The molecule has 9 heteroatoms. The summed E-state index contributed by atoms with van der Waals surface area (Å²) in [6.45, 7) is 3.95. The quantitative estimate of drug-likeness (QED) is 0.816. The topological polar surface area (TPSA) is 92.5 Å². The van der Waals surface area contributed by atoms with Gasteiger partial charge in [-0.25, -0.2) is 9.97 Å². The lowest BCUT2D eigenvalue weighted by atomic mass is 9.73. The number of anilines is 1. The highest BCUT2D eigenvalue weighted by Gasteiger charge is 2.54. The van der Waals surface area contributed by atoms with Gasteiger partial charge in [-0.1, -0.05) is 0 Å². The Bertz CT molecular complexity index is 800. The number of piperidine rings is 1. The molecule has 2 atom stereocenters. The zero-order valence-electron chi connectivity index (χ0n) is 15.6. The molecule has 2 aliphatic heterocycles. The normalized spacial score (nSPS) is 27.7. The molecule has 0 saturated carbocycles. The first kappa shape index (κ1) is 18.4. The van der Waals surface area contributed by atoms with E-state index < -0.39 is 17.2 Å². The first-order valence-electron chi connectivity index (χ1n) is 9.19. The zero-order valence-corrected chi connectivity index (χ0v) is 16.4. The number of imidazole rings is 1. The van der Waals surface area contributed by atoms with Crippen LogP contribution in [0.4, 0.5) is 5.13 Å². The summed E-state index contributed by atoms with van der Waals surface area (Å²) in [6, 6.07) is 0. The maximum Gasteiger partial charge on any atom is 0.271 e. The van der Waals surface area contributed by atoms with Crippen molar-refractivity contribution in [3.8, 4) is 0 Å². The number of carbonyl (C=O) groups excluding carboxylic acids is 1. The Kier molecular flexibility index (Phi) is 4.69. The SMILES string of the molecule is Cn1cnc(C(=O)N[C@]2(C)CCOC3(CCN(c4nccs4)CC3)[C@H]2O)c1. The Morgan fingerprint density at radius 3 is 2.78 bits per heavy atom. The van der Waals surface area contributed by atoms with Gasteiger partial charge in [0.2, 0.25) is 0 Å². The van der Waals surface area contributed by atoms with E-state index in [4.69, 9.17) is 4.74 Å². The molecule has 0 bridgehead atoms. The maximum atomic E-state index is 12.6. The van der Waals surface area contributed by atoms with E-state index in [1.807, 2.05) is 19.4 Å². The van der Waals surface area contributed by atoms with Crippen LogP contribution in [0.2, 0.25) is 0 Å². The molecule has 2 aliphatic rings. The first-order valence-corrected chi connectivity index (χ1v) is 10.1. The number of nitrogens with one attached hydrogen (secondary N) is 1. The van der Waals surface area contributed by atoms with Crippen LogP contribution in [-0.4, -0.2) is 62.5 Å². The van der Waals surface area contributed by atoms with Crippen LogP contribution in [0.25, 0.3) is 0 Å². The number of aliphatic hydroxyl groups excluding tert-OH is 1. The van der Waals surface area contributed by atoms with E-state index in [9.17, 15) is 9.90 Å². The molecule has 4 heterocycles. The van der Waals surface area contributed by atoms with E-state index in [2.05, 4.69) is 20.2 Å². The fraction of sp³-hybridized carbons (Fsp3) is 0.611. The van der Waals surface area contributed by atoms with E-state index in [1.54, 1.807) is 34.6 Å². The molecule has 1 amide bonds. The Balaban J connectivity index is 1.47. The second-order valence-corrected chi connectivity index (χ2v) is 8.54. The number of rotatable bonds is 3. The maximum absolute atomic E-state index is 12.6. The van der Waals surface area contributed by atoms with Crippen molar-refractivity contribution in [2.45, 2.75) is 43.4 Å². The van der Waals surface area contributed by atoms with Gasteiger partial charge in [-0.3, -0.25) is 4.79 Å². The van der Waals surface area contributed by atoms with Gasteiger partial charge >= 0.3 is 0 Å². The summed E-state index contributed by atoms with van der Waals surface area (Å²) < 4.78 is 7.84. The highest BCUT2D eigenvalue weighted by atomic mass is 32.1. The lowest BCUT2D eigenvalue weighted by Crippen LogP contribution is -2.69. The first-order chi connectivity index (χ1) is 12.9. The molecule has 2 aromatic rings. The summed E-state index contributed by atoms with van der Waals surface area (Å²) in [6.07, 6.45) is 6.24. The van der Waals surface area contributed by atoms with E-state index in [1.165, 1.54) is 0 Å². The number of nitrogens with zero attached hydrogens (tertiary/aromatic N) is 4. The average Bonchev–Trinajstić information content (AvgIpc) is 3.32. The number of hydrogen-bond acceptors (Lipinski definition) is 7. The number of thiazole rings is 1. The summed E-state index contributed by atoms with van der Waals surface area (Å²) >= 11 is 1.62. The average molecular weight is 391 g/mol. The molecule has 1 spiro atoms. The summed E-state index contributed by atoms with van der Waals surface area (Å²) in [7, 11) is 1.82. The largest absolute Gasteiger partial charge is 0.388 e. The van der Waals surface area contributed by atoms with Gasteiger partial charge < -0.3 is 24.6 Å². The predicted octanol–water partition coefficient (Wildman–Crippen LogP) is 1.19. The molecular formula is C18H25N5O3S. The number of amides is 1. The lowest BCUT2D eigenvalue weighted by molar-refractivity contribution is -0.195. The minimum atomic E-state index is -0.787. The van der Waals surface area contributed by atoms with Crippen LogP contribution in [0.1, 0.15) is 36.7 Å². The minimum absolute atomic E-state index is 0.269. The molecule has 2 N–H and O–H groups in total. The molecule has 0 radical (unpaired) electrons. The van der Waals surface area contributed by atoms with E-state index in [0.717, 1.165) is 18.2 Å². The molecule has 27 heavy (non-hydrogen) atoms. The van der Waals surface area contributed by atoms with Gasteiger partial charge in [-0.2, -0.15) is 0 Å². The smallest absolute Gasteiger partial charge is 0.271 e. The van der Waals surface area contributed by atoms with Crippen LogP contribution >= 0.6 is 11.3 Å². The Morgan fingerprint density at radius 2 is 2.15 bits per heavy atom. The Morgan fingerprint density at radius 1 is 1.37 bits per heavy atom. The number of carbonyl (C=O) groups is 1. The molecule has 146 valence electrons. The molecule has 0 aromatic carbocycles. The molecular weight excluding hydrogens is 366 g/mol. The van der Waals surface area contributed by atoms with Crippen molar-refractivity contribution in [2.24, 2.45) is 7.05 Å². The van der Waals surface area contributed by atoms with Gasteiger partial charge in [0.1, 0.15) is 11.8 Å². The molecule has 2 saturated heterocycles. The third-order valence-corrected chi connectivity index (χ3v) is 6.58. The van der Waals surface area contributed by atoms with Crippen LogP contribution in [0.5, 0.6) is 0 Å². The summed E-state index contributed by atoms with van der Waals surface area (Å²) in [5, 5.41) is 17.2. The minimum Gasteiger partial charge on any atom is -0.388 e. The second kappa shape index (κ2) is 6.88. The zero-order chi connectivity index (χ0) is 19.1. The molecule has 4 rings (SSSR count). The summed E-state index contributed by atoms with van der Waals surface area (Å²) in [5.41, 5.74) is -1.04. The van der Waals surface area contributed by atoms with Gasteiger partial charge in [-0.15, -0.1) is 11.3 Å². The second-order valence-electron chi connectivity index (χ2n) is 7.66. The van der Waals surface area contributed by atoms with Gasteiger partial charge in [0.25, 0.3) is 5.91 Å². The van der Waals surface area contributed by atoms with E-state index in [-0.39, 0.29) is 5.91 Å². The standard InChI is InChI=1S/C18H25N5O3S/c1-17(21-14(24)13-11-22(2)12-20-13)5-9-26-18(15(17)25)3-7-23(8-4-18)16-19-6-10-27-16/h6,10-12,15,25H,3-5,7-9H2,1-2H3,(H,21,24)/t15-,17+/m0/s1. The van der Waals surface area contributed by atoms with Crippen molar-refractivity contribution in [3.05, 3.63) is 29.8 Å². The Hall–Kier alpha value is -1.97. The highest BCUT2D eigenvalue weighted by Crippen LogP contribution is 2.41. The van der Waals surface area contributed by atoms with E-state index >= 15 is 0 Å². The number of hydrogen-bond donors (Lipinski definition) is 2. The van der Waals surface area contributed by atoms with Crippen LogP contribution in [0, 0.1) is 0 Å². The van der Waals surface area contributed by atoms with Crippen LogP contribution in [0.3, 0.4) is 0 Å². The van der Waals surface area contributed by atoms with E-state index in [0.29, 0.717) is 31.6 Å². The molecule has 0 aliphatic carbocycles. The third-order valence-electron chi connectivity index (χ3n) is 5.75. The summed E-state index contributed by atoms with van der Waals surface area (Å²) in [5.74, 6) is -0.269. The highest BCUT2D eigenvalue weighted by molar-refractivity contribution is 7.13. The lowest BCUT2D eigenvalue weighted by Gasteiger charge is -2.53. The number of ether oxygens (including phenoxy) is 1. The molecule has 0 unspecified atom stereocenters. The molecule has 8 nitrogen and oxygen atoms in total. The fourth-order valence-corrected chi connectivity index (χ4v) is 4.81. The van der Waals surface area contributed by atoms with Crippen molar-refractivity contribution >= 4 is 22.4 Å². The Labute approximate surface area is 162 Å². The fourth-order valence-electron chi connectivity index (χ4n) is 4.11. The number of aryl methyl sites for hydroxylation is 1. The van der Waals surface area contributed by atoms with Crippen molar-refractivity contribution in [3.63, 3.8) is 0 Å². The van der Waals surface area contributed by atoms with Gasteiger partial charge in [0.05, 0.1) is 17.5 Å². The predicted molar refractivity (Wildman–Crippen MR) is 102 cm³/mol. The van der Waals surface area contributed by atoms with Crippen LogP contribution in [-0.2, 0) is 11.8 Å². The van der Waals surface area contributed by atoms with Crippen molar-refractivity contribution < 1.29 is 14.6 Å². The third kappa shape index (κ3) is 3.35. The molecule has 2 fully saturated rings. The van der Waals surface area contributed by atoms with Crippen molar-refractivity contribution in [1.82, 2.24) is 19.9 Å². The van der Waals surface area contributed by atoms with Crippen molar-refractivity contribution in [1.29, 1.82) is 0 Å². The van der Waals surface area contributed by atoms with Crippen LogP contribution in [0.15, 0.2) is 24.1 Å². The monoisotopic (exact) mass is 391 g/mol. The van der Waals surface area contributed by atoms with Crippen LogP contribution < -0.4 is 10.2 Å². The van der Waals surface area contributed by atoms with Gasteiger partial charge in [0, 0.05) is 44.5 Å².